The zero-order chi connectivity index (χ0) is 17.8. The third-order valence-corrected chi connectivity index (χ3v) is 5.16. The number of aromatic nitrogens is 2. The second kappa shape index (κ2) is 7.86. The van der Waals surface area contributed by atoms with Crippen LogP contribution in [0.4, 0.5) is 8.78 Å². The van der Waals surface area contributed by atoms with Crippen molar-refractivity contribution < 1.29 is 18.3 Å². The van der Waals surface area contributed by atoms with Crippen LogP contribution in [-0.2, 0) is 18.3 Å². The first-order chi connectivity index (χ1) is 12.0. The standard InChI is InChI=1S/C17H19F2N3O2S/c1-22-8-7-20-17(22)25-10-15(23)21-14-4-2-3-11-9-12(24-16(18)19)5-6-13(11)14/h5-9,14,16H,2-4,10H2,1H3,(H,21,23). The summed E-state index contributed by atoms with van der Waals surface area (Å²) in [5.41, 5.74) is 1.93. The molecule has 0 radical (unpaired) electrons. The molecule has 8 heteroatoms. The third kappa shape index (κ3) is 4.50. The SMILES string of the molecule is Cn1ccnc1SCC(=O)NC1CCCc2cc(OC(F)F)ccc21. The molecule has 1 aliphatic carbocycles. The largest absolute Gasteiger partial charge is 0.435 e. The number of carbonyl (C=O) groups excluding carboxylic acids is 1. The molecule has 134 valence electrons. The summed E-state index contributed by atoms with van der Waals surface area (Å²) in [6, 6.07) is 4.84. The maximum Gasteiger partial charge on any atom is 0.387 e. The van der Waals surface area contributed by atoms with Crippen molar-refractivity contribution in [3.63, 3.8) is 0 Å². The molecule has 1 aromatic heterocycles. The highest BCUT2D eigenvalue weighted by Gasteiger charge is 2.23. The van der Waals surface area contributed by atoms with Crippen molar-refractivity contribution >= 4 is 17.7 Å². The van der Waals surface area contributed by atoms with Crippen LogP contribution < -0.4 is 10.1 Å². The molecule has 1 atom stereocenters. The fraction of sp³-hybridized carbons (Fsp3) is 0.412. The summed E-state index contributed by atoms with van der Waals surface area (Å²) in [4.78, 5) is 16.4. The predicted octanol–water partition coefficient (Wildman–Crippen LogP) is 3.31. The maximum absolute atomic E-state index is 12.3. The first kappa shape index (κ1) is 17.7. The van der Waals surface area contributed by atoms with E-state index in [4.69, 9.17) is 0 Å². The highest BCUT2D eigenvalue weighted by molar-refractivity contribution is 7.99. The van der Waals surface area contributed by atoms with Gasteiger partial charge >= 0.3 is 6.61 Å². The van der Waals surface area contributed by atoms with Gasteiger partial charge in [0.2, 0.25) is 5.91 Å². The number of benzene rings is 1. The van der Waals surface area contributed by atoms with Crippen LogP contribution >= 0.6 is 11.8 Å². The van der Waals surface area contributed by atoms with Gasteiger partial charge in [-0.1, -0.05) is 17.8 Å². The van der Waals surface area contributed by atoms with Gasteiger partial charge in [0.25, 0.3) is 0 Å². The van der Waals surface area contributed by atoms with E-state index in [9.17, 15) is 13.6 Å². The minimum atomic E-state index is -2.83. The van der Waals surface area contributed by atoms with Gasteiger partial charge in [0.05, 0.1) is 11.8 Å². The Morgan fingerprint density at radius 3 is 3.08 bits per heavy atom. The highest BCUT2D eigenvalue weighted by Crippen LogP contribution is 2.32. The molecule has 1 heterocycles. The smallest absolute Gasteiger partial charge is 0.387 e. The van der Waals surface area contributed by atoms with E-state index in [0.717, 1.165) is 35.5 Å². The molecule has 0 spiro atoms. The molecule has 0 bridgehead atoms. The summed E-state index contributed by atoms with van der Waals surface area (Å²) in [7, 11) is 1.88. The fourth-order valence-electron chi connectivity index (χ4n) is 2.97. The van der Waals surface area contributed by atoms with Crippen LogP contribution in [0.3, 0.4) is 0 Å². The Balaban J connectivity index is 1.62. The second-order valence-electron chi connectivity index (χ2n) is 5.86. The number of hydrogen-bond donors (Lipinski definition) is 1. The number of aryl methyl sites for hydroxylation is 2. The van der Waals surface area contributed by atoms with Crippen LogP contribution in [0.15, 0.2) is 35.7 Å². The molecule has 3 rings (SSSR count). The Kier molecular flexibility index (Phi) is 5.57. The number of halogens is 2. The zero-order valence-electron chi connectivity index (χ0n) is 13.7. The number of amides is 1. The van der Waals surface area contributed by atoms with E-state index in [0.29, 0.717) is 0 Å². The molecule has 5 nitrogen and oxygen atoms in total. The lowest BCUT2D eigenvalue weighted by Crippen LogP contribution is -2.32. The lowest BCUT2D eigenvalue weighted by Gasteiger charge is -2.27. The number of nitrogens with zero attached hydrogens (tertiary/aromatic N) is 2. The molecule has 1 aliphatic rings. The van der Waals surface area contributed by atoms with Gasteiger partial charge in [0.1, 0.15) is 5.75 Å². The van der Waals surface area contributed by atoms with E-state index in [1.54, 1.807) is 18.3 Å². The monoisotopic (exact) mass is 367 g/mol. The van der Waals surface area contributed by atoms with E-state index in [1.165, 1.54) is 17.8 Å². The second-order valence-corrected chi connectivity index (χ2v) is 6.80. The molecule has 2 aromatic rings. The van der Waals surface area contributed by atoms with Crippen molar-refractivity contribution in [1.29, 1.82) is 0 Å². The number of nitrogens with one attached hydrogen (secondary N) is 1. The van der Waals surface area contributed by atoms with Crippen molar-refractivity contribution in [2.45, 2.75) is 37.1 Å². The Bertz CT molecular complexity index is 751. The van der Waals surface area contributed by atoms with Crippen LogP contribution in [-0.4, -0.2) is 27.8 Å². The molecule has 0 saturated carbocycles. The summed E-state index contributed by atoms with van der Waals surface area (Å²) in [6.07, 6.45) is 6.04. The van der Waals surface area contributed by atoms with E-state index in [2.05, 4.69) is 15.0 Å². The number of hydrogen-bond acceptors (Lipinski definition) is 4. The average molecular weight is 367 g/mol. The van der Waals surface area contributed by atoms with E-state index in [1.807, 2.05) is 17.8 Å². The van der Waals surface area contributed by atoms with Crippen LogP contribution in [0.5, 0.6) is 5.75 Å². The first-order valence-electron chi connectivity index (χ1n) is 8.00. The van der Waals surface area contributed by atoms with Crippen LogP contribution in [0, 0.1) is 0 Å². The lowest BCUT2D eigenvalue weighted by molar-refractivity contribution is -0.119. The van der Waals surface area contributed by atoms with E-state index in [-0.39, 0.29) is 23.5 Å². The van der Waals surface area contributed by atoms with Crippen molar-refractivity contribution in [3.8, 4) is 5.75 Å². The number of rotatable bonds is 6. The number of carbonyl (C=O) groups is 1. The zero-order valence-corrected chi connectivity index (χ0v) is 14.6. The van der Waals surface area contributed by atoms with Gasteiger partial charge in [-0.25, -0.2) is 4.98 Å². The lowest BCUT2D eigenvalue weighted by atomic mass is 9.87. The van der Waals surface area contributed by atoms with Crippen molar-refractivity contribution in [2.75, 3.05) is 5.75 Å². The Morgan fingerprint density at radius 1 is 1.52 bits per heavy atom. The fourth-order valence-corrected chi connectivity index (χ4v) is 3.72. The molecule has 0 saturated heterocycles. The normalized spacial score (nSPS) is 16.6. The van der Waals surface area contributed by atoms with Crippen molar-refractivity contribution in [2.24, 2.45) is 7.05 Å². The number of thioether (sulfide) groups is 1. The summed E-state index contributed by atoms with van der Waals surface area (Å²) >= 11 is 1.38. The minimum Gasteiger partial charge on any atom is -0.435 e. The number of alkyl halides is 2. The summed E-state index contributed by atoms with van der Waals surface area (Å²) in [5, 5.41) is 3.82. The van der Waals surface area contributed by atoms with Gasteiger partial charge in [-0.2, -0.15) is 8.78 Å². The van der Waals surface area contributed by atoms with Crippen LogP contribution in [0.25, 0.3) is 0 Å². The molecule has 1 N–H and O–H groups in total. The van der Waals surface area contributed by atoms with Gasteiger partial charge in [0.15, 0.2) is 5.16 Å². The first-order valence-corrected chi connectivity index (χ1v) is 8.98. The maximum atomic E-state index is 12.3. The quantitative estimate of drug-likeness (QED) is 0.796. The summed E-state index contributed by atoms with van der Waals surface area (Å²) < 4.78 is 31.0. The topological polar surface area (TPSA) is 56.2 Å². The van der Waals surface area contributed by atoms with Gasteiger partial charge in [-0.3, -0.25) is 4.79 Å². The van der Waals surface area contributed by atoms with Crippen molar-refractivity contribution in [3.05, 3.63) is 41.7 Å². The Morgan fingerprint density at radius 2 is 2.36 bits per heavy atom. The molecule has 0 aliphatic heterocycles. The summed E-state index contributed by atoms with van der Waals surface area (Å²) in [6.45, 7) is -2.83. The molecule has 25 heavy (non-hydrogen) atoms. The third-order valence-electron chi connectivity index (χ3n) is 4.10. The van der Waals surface area contributed by atoms with Crippen molar-refractivity contribution in [1.82, 2.24) is 14.9 Å². The molecular formula is C17H19F2N3O2S. The van der Waals surface area contributed by atoms with Gasteiger partial charge in [-0.15, -0.1) is 0 Å². The molecule has 1 amide bonds. The van der Waals surface area contributed by atoms with Gasteiger partial charge in [-0.05, 0) is 42.5 Å². The highest BCUT2D eigenvalue weighted by atomic mass is 32.2. The predicted molar refractivity (Wildman–Crippen MR) is 90.8 cm³/mol. The average Bonchev–Trinajstić information content (AvgIpc) is 2.97. The Hall–Kier alpha value is -2.09. The number of fused-ring (bicyclic) bond motifs is 1. The molecule has 1 aromatic carbocycles. The van der Waals surface area contributed by atoms with Crippen LogP contribution in [0.1, 0.15) is 30.0 Å². The van der Waals surface area contributed by atoms with Gasteiger partial charge in [0, 0.05) is 19.4 Å². The molecular weight excluding hydrogens is 348 g/mol. The minimum absolute atomic E-state index is 0.0706. The number of imidazole rings is 1. The van der Waals surface area contributed by atoms with E-state index >= 15 is 0 Å². The molecule has 1 unspecified atom stereocenters. The number of ether oxygens (including phenoxy) is 1. The van der Waals surface area contributed by atoms with Crippen LogP contribution in [0.2, 0.25) is 0 Å². The summed E-state index contributed by atoms with van der Waals surface area (Å²) in [5.74, 6) is 0.369. The molecule has 0 fully saturated rings. The van der Waals surface area contributed by atoms with E-state index < -0.39 is 6.61 Å². The van der Waals surface area contributed by atoms with Gasteiger partial charge < -0.3 is 14.6 Å². The Labute approximate surface area is 148 Å².